The Morgan fingerprint density at radius 1 is 1.64 bits per heavy atom. The van der Waals surface area contributed by atoms with Crippen LogP contribution < -0.4 is 0 Å². The van der Waals surface area contributed by atoms with Gasteiger partial charge in [0, 0.05) is 20.1 Å². The molecule has 0 radical (unpaired) electrons. The number of methoxy groups -OCH3 is 1. The van der Waals surface area contributed by atoms with Crippen molar-refractivity contribution in [3.05, 3.63) is 12.2 Å². The largest absolute Gasteiger partial charge is 0.390 e. The highest BCUT2D eigenvalue weighted by Gasteiger charge is 2.10. The lowest BCUT2D eigenvalue weighted by atomic mass is 10.2. The van der Waals surface area contributed by atoms with E-state index in [2.05, 4.69) is 17.0 Å². The Kier molecular flexibility index (Phi) is 4.55. The number of hydrogen-bond donors (Lipinski definition) is 1. The van der Waals surface area contributed by atoms with Crippen LogP contribution in [0.25, 0.3) is 0 Å². The summed E-state index contributed by atoms with van der Waals surface area (Å²) in [5.74, 6) is 0.816. The normalized spacial score (nSPS) is 13.1. The molecule has 0 amide bonds. The zero-order valence-electron chi connectivity index (χ0n) is 8.68. The maximum atomic E-state index is 9.51. The number of aliphatic hydroxyl groups excluding tert-OH is 1. The van der Waals surface area contributed by atoms with Crippen molar-refractivity contribution >= 4 is 0 Å². The van der Waals surface area contributed by atoms with Crippen LogP contribution in [0.1, 0.15) is 19.2 Å². The van der Waals surface area contributed by atoms with Crippen molar-refractivity contribution in [2.24, 2.45) is 0 Å². The van der Waals surface area contributed by atoms with E-state index in [-0.39, 0.29) is 0 Å². The fourth-order valence-electron chi connectivity index (χ4n) is 1.31. The Hall–Kier alpha value is -0.940. The third kappa shape index (κ3) is 3.08. The third-order valence-corrected chi connectivity index (χ3v) is 1.91. The maximum absolute atomic E-state index is 9.51. The van der Waals surface area contributed by atoms with Crippen LogP contribution in [-0.4, -0.2) is 39.7 Å². The third-order valence-electron chi connectivity index (χ3n) is 1.91. The van der Waals surface area contributed by atoms with Gasteiger partial charge < -0.3 is 9.84 Å². The van der Waals surface area contributed by atoms with Gasteiger partial charge in [0.2, 0.25) is 0 Å². The van der Waals surface area contributed by atoms with Gasteiger partial charge >= 0.3 is 0 Å². The fraction of sp³-hybridized carbons (Fsp3) is 0.778. The highest BCUT2D eigenvalue weighted by molar-refractivity contribution is 4.87. The number of aromatic nitrogens is 3. The molecular formula is C9H17N3O2. The number of ether oxygens (including phenoxy) is 1. The molecule has 0 saturated heterocycles. The predicted octanol–water partition coefficient (Wildman–Crippen LogP) is 0.238. The summed E-state index contributed by atoms with van der Waals surface area (Å²) in [6.07, 6.45) is 2.52. The molecule has 0 aliphatic carbocycles. The minimum Gasteiger partial charge on any atom is -0.390 e. The molecule has 5 heteroatoms. The molecule has 0 spiro atoms. The van der Waals surface area contributed by atoms with Crippen LogP contribution in [0, 0.1) is 0 Å². The monoisotopic (exact) mass is 199 g/mol. The first-order chi connectivity index (χ1) is 6.77. The average Bonchev–Trinajstić information content (AvgIpc) is 2.54. The van der Waals surface area contributed by atoms with Crippen LogP contribution in [-0.2, 0) is 17.7 Å². The predicted molar refractivity (Wildman–Crippen MR) is 51.9 cm³/mol. The standard InChI is InChI=1S/C9H17N3O2/c1-3-4-12-9(10-7-11-12)5-8(13)6-14-2/h7-8,13H,3-6H2,1-2H3. The smallest absolute Gasteiger partial charge is 0.138 e. The summed E-state index contributed by atoms with van der Waals surface area (Å²) in [5, 5.41) is 13.6. The van der Waals surface area contributed by atoms with Crippen LogP contribution in [0.5, 0.6) is 0 Å². The Balaban J connectivity index is 2.52. The van der Waals surface area contributed by atoms with E-state index in [1.54, 1.807) is 7.11 Å². The second-order valence-corrected chi connectivity index (χ2v) is 3.21. The van der Waals surface area contributed by atoms with E-state index in [4.69, 9.17) is 4.74 Å². The molecule has 1 rings (SSSR count). The Bertz CT molecular complexity index is 262. The van der Waals surface area contributed by atoms with Crippen molar-refractivity contribution in [3.63, 3.8) is 0 Å². The van der Waals surface area contributed by atoms with Gasteiger partial charge in [-0.2, -0.15) is 5.10 Å². The van der Waals surface area contributed by atoms with Crippen LogP contribution >= 0.6 is 0 Å². The first-order valence-electron chi connectivity index (χ1n) is 4.81. The number of nitrogens with zero attached hydrogens (tertiary/aromatic N) is 3. The van der Waals surface area contributed by atoms with Gasteiger partial charge in [-0.3, -0.25) is 4.68 Å². The maximum Gasteiger partial charge on any atom is 0.138 e. The van der Waals surface area contributed by atoms with Gasteiger partial charge in [0.05, 0.1) is 12.7 Å². The van der Waals surface area contributed by atoms with Crippen LogP contribution in [0.4, 0.5) is 0 Å². The molecule has 1 aromatic rings. The van der Waals surface area contributed by atoms with Gasteiger partial charge in [-0.1, -0.05) is 6.92 Å². The number of rotatable bonds is 6. The Labute approximate surface area is 83.7 Å². The molecule has 0 saturated carbocycles. The zero-order chi connectivity index (χ0) is 10.4. The number of aryl methyl sites for hydroxylation is 1. The highest BCUT2D eigenvalue weighted by Crippen LogP contribution is 2.01. The highest BCUT2D eigenvalue weighted by atomic mass is 16.5. The molecule has 0 aliphatic rings. The summed E-state index contributed by atoms with van der Waals surface area (Å²) in [7, 11) is 1.57. The molecule has 0 fully saturated rings. The molecule has 1 aromatic heterocycles. The summed E-state index contributed by atoms with van der Waals surface area (Å²) in [6, 6.07) is 0. The van der Waals surface area contributed by atoms with Gasteiger partial charge in [0.25, 0.3) is 0 Å². The Morgan fingerprint density at radius 2 is 2.43 bits per heavy atom. The van der Waals surface area contributed by atoms with E-state index in [1.807, 2.05) is 4.68 Å². The quantitative estimate of drug-likeness (QED) is 0.713. The van der Waals surface area contributed by atoms with Gasteiger partial charge in [-0.25, -0.2) is 4.98 Å². The zero-order valence-corrected chi connectivity index (χ0v) is 8.68. The molecule has 14 heavy (non-hydrogen) atoms. The Morgan fingerprint density at radius 3 is 3.07 bits per heavy atom. The van der Waals surface area contributed by atoms with E-state index in [1.165, 1.54) is 6.33 Å². The molecule has 0 bridgehead atoms. The summed E-state index contributed by atoms with van der Waals surface area (Å²) < 4.78 is 6.66. The summed E-state index contributed by atoms with van der Waals surface area (Å²) >= 11 is 0. The summed E-state index contributed by atoms with van der Waals surface area (Å²) in [5.41, 5.74) is 0. The van der Waals surface area contributed by atoms with E-state index in [9.17, 15) is 5.11 Å². The van der Waals surface area contributed by atoms with Gasteiger partial charge in [0.1, 0.15) is 12.2 Å². The minimum atomic E-state index is -0.500. The SMILES string of the molecule is CCCn1ncnc1CC(O)COC. The van der Waals surface area contributed by atoms with Gasteiger partial charge in [0.15, 0.2) is 0 Å². The van der Waals surface area contributed by atoms with Crippen LogP contribution in [0.3, 0.4) is 0 Å². The van der Waals surface area contributed by atoms with Crippen molar-refractivity contribution in [2.75, 3.05) is 13.7 Å². The molecule has 80 valence electrons. The summed E-state index contributed by atoms with van der Waals surface area (Å²) in [6.45, 7) is 3.26. The lowest BCUT2D eigenvalue weighted by molar-refractivity contribution is 0.0630. The van der Waals surface area contributed by atoms with Crippen molar-refractivity contribution in [3.8, 4) is 0 Å². The lowest BCUT2D eigenvalue weighted by Gasteiger charge is -2.09. The van der Waals surface area contributed by atoms with E-state index < -0.39 is 6.10 Å². The minimum absolute atomic E-state index is 0.332. The van der Waals surface area contributed by atoms with Crippen LogP contribution in [0.2, 0.25) is 0 Å². The molecule has 1 heterocycles. The average molecular weight is 199 g/mol. The lowest BCUT2D eigenvalue weighted by Crippen LogP contribution is -2.20. The fourth-order valence-corrected chi connectivity index (χ4v) is 1.31. The van der Waals surface area contributed by atoms with E-state index in [0.717, 1.165) is 18.8 Å². The molecule has 0 aromatic carbocycles. The molecule has 1 atom stereocenters. The number of hydrogen-bond acceptors (Lipinski definition) is 4. The first-order valence-corrected chi connectivity index (χ1v) is 4.81. The van der Waals surface area contributed by atoms with Crippen molar-refractivity contribution < 1.29 is 9.84 Å². The molecule has 1 unspecified atom stereocenters. The molecule has 1 N–H and O–H groups in total. The molecular weight excluding hydrogens is 182 g/mol. The van der Waals surface area contributed by atoms with Crippen LogP contribution in [0.15, 0.2) is 6.33 Å². The number of aliphatic hydroxyl groups is 1. The van der Waals surface area contributed by atoms with E-state index in [0.29, 0.717) is 13.0 Å². The molecule has 5 nitrogen and oxygen atoms in total. The first kappa shape index (κ1) is 11.1. The van der Waals surface area contributed by atoms with Gasteiger partial charge in [-0.15, -0.1) is 0 Å². The van der Waals surface area contributed by atoms with Crippen molar-refractivity contribution in [2.45, 2.75) is 32.4 Å². The van der Waals surface area contributed by atoms with Gasteiger partial charge in [-0.05, 0) is 6.42 Å². The molecule has 0 aliphatic heterocycles. The second-order valence-electron chi connectivity index (χ2n) is 3.21. The summed E-state index contributed by atoms with van der Waals surface area (Å²) in [4.78, 5) is 4.09. The van der Waals surface area contributed by atoms with Crippen molar-refractivity contribution in [1.29, 1.82) is 0 Å². The van der Waals surface area contributed by atoms with E-state index >= 15 is 0 Å². The second kappa shape index (κ2) is 5.72. The topological polar surface area (TPSA) is 60.2 Å². The van der Waals surface area contributed by atoms with Crippen molar-refractivity contribution in [1.82, 2.24) is 14.8 Å².